The number of hydrogen-bond acceptors (Lipinski definition) is 8. The van der Waals surface area contributed by atoms with E-state index in [0.29, 0.717) is 11.4 Å². The maximum absolute atomic E-state index is 12.2. The molecule has 0 aliphatic carbocycles. The Balaban J connectivity index is 1.68. The summed E-state index contributed by atoms with van der Waals surface area (Å²) in [4.78, 5) is 45.7. The van der Waals surface area contributed by atoms with Crippen LogP contribution in [0.4, 0.5) is 17.1 Å². The molecule has 0 fully saturated rings. The van der Waals surface area contributed by atoms with Gasteiger partial charge in [-0.15, -0.1) is 0 Å². The highest BCUT2D eigenvalue weighted by Gasteiger charge is 2.20. The summed E-state index contributed by atoms with van der Waals surface area (Å²) >= 11 is 0. The molecule has 10 nitrogen and oxygen atoms in total. The Bertz CT molecular complexity index is 971. The lowest BCUT2D eigenvalue weighted by atomic mass is 10.1. The van der Waals surface area contributed by atoms with E-state index in [1.54, 1.807) is 0 Å². The van der Waals surface area contributed by atoms with Gasteiger partial charge in [0, 0.05) is 11.6 Å². The molecular weight excluding hydrogens is 358 g/mol. The molecule has 0 saturated carbocycles. The van der Waals surface area contributed by atoms with Gasteiger partial charge < -0.3 is 20.5 Å². The summed E-state index contributed by atoms with van der Waals surface area (Å²) in [5.74, 6) is -1.34. The minimum absolute atomic E-state index is 0.0917. The lowest BCUT2D eigenvalue weighted by Crippen LogP contribution is -2.25. The number of carbonyl (C=O) groups is 3. The third kappa shape index (κ3) is 3.84. The quantitative estimate of drug-likeness (QED) is 0.264. The van der Waals surface area contributed by atoms with Gasteiger partial charge in [-0.05, 0) is 30.3 Å². The molecule has 1 aliphatic rings. The van der Waals surface area contributed by atoms with Crippen LogP contribution in [0.15, 0.2) is 36.4 Å². The molecule has 3 rings (SSSR count). The number of nitrogens with one attached hydrogen (secondary N) is 1. The van der Waals surface area contributed by atoms with Crippen LogP contribution < -0.4 is 15.8 Å². The first-order chi connectivity index (χ1) is 12.8. The Morgan fingerprint density at radius 1 is 1.22 bits per heavy atom. The number of Topliss-reactive ketones (excluding diaryl/α,β-unsaturated/α-hetero) is 1. The second kappa shape index (κ2) is 7.12. The van der Waals surface area contributed by atoms with Crippen molar-refractivity contribution in [2.75, 3.05) is 24.3 Å². The highest BCUT2D eigenvalue weighted by atomic mass is 16.6. The van der Waals surface area contributed by atoms with Crippen molar-refractivity contribution in [3.05, 3.63) is 57.6 Å². The molecule has 0 atom stereocenters. The second-order valence-corrected chi connectivity index (χ2v) is 5.58. The van der Waals surface area contributed by atoms with Crippen LogP contribution >= 0.6 is 0 Å². The fraction of sp³-hybridized carbons (Fsp3) is 0.118. The number of nitrogens with zero attached hydrogens (tertiary/aromatic N) is 1. The van der Waals surface area contributed by atoms with Gasteiger partial charge in [-0.25, -0.2) is 4.79 Å². The predicted molar refractivity (Wildman–Crippen MR) is 92.7 cm³/mol. The van der Waals surface area contributed by atoms with Gasteiger partial charge in [0.15, 0.2) is 19.0 Å². The Kier molecular flexibility index (Phi) is 4.71. The number of nitro groups is 1. The third-order valence-electron chi connectivity index (χ3n) is 3.73. The smallest absolute Gasteiger partial charge is 0.338 e. The standard InChI is InChI=1S/C17H13N3O7/c18-11-3-1-10(6-13(11)20(24)25)17(23)27-7-14(21)9-2-4-15-12(5-9)19-16(22)8-26-15/h1-6H,7-8,18H2,(H,19,22). The molecule has 10 heteroatoms. The Labute approximate surface area is 152 Å². The zero-order valence-corrected chi connectivity index (χ0v) is 13.8. The van der Waals surface area contributed by atoms with Crippen LogP contribution in [0.3, 0.4) is 0 Å². The number of fused-ring (bicyclic) bond motifs is 1. The molecule has 27 heavy (non-hydrogen) atoms. The molecule has 0 bridgehead atoms. The Morgan fingerprint density at radius 2 is 1.96 bits per heavy atom. The third-order valence-corrected chi connectivity index (χ3v) is 3.73. The molecule has 0 aromatic heterocycles. The molecule has 0 saturated heterocycles. The molecule has 0 spiro atoms. The maximum atomic E-state index is 12.2. The van der Waals surface area contributed by atoms with Crippen molar-refractivity contribution in [2.45, 2.75) is 0 Å². The first-order valence-corrected chi connectivity index (χ1v) is 7.66. The van der Waals surface area contributed by atoms with Gasteiger partial charge in [0.2, 0.25) is 0 Å². The van der Waals surface area contributed by atoms with E-state index in [9.17, 15) is 24.5 Å². The topological polar surface area (TPSA) is 151 Å². The number of ether oxygens (including phenoxy) is 2. The van der Waals surface area contributed by atoms with Crippen molar-refractivity contribution in [3.8, 4) is 5.75 Å². The molecule has 2 aromatic carbocycles. The number of nitrogens with two attached hydrogens (primary N) is 1. The molecule has 0 radical (unpaired) electrons. The number of ketones is 1. The number of nitro benzene ring substituents is 1. The maximum Gasteiger partial charge on any atom is 0.338 e. The fourth-order valence-corrected chi connectivity index (χ4v) is 2.38. The number of rotatable bonds is 5. The number of esters is 1. The highest BCUT2D eigenvalue weighted by molar-refractivity contribution is 6.02. The molecule has 138 valence electrons. The van der Waals surface area contributed by atoms with Crippen LogP contribution in [0, 0.1) is 10.1 Å². The summed E-state index contributed by atoms with van der Waals surface area (Å²) in [6.45, 7) is -0.684. The van der Waals surface area contributed by atoms with Crippen molar-refractivity contribution < 1.29 is 28.8 Å². The number of hydrogen-bond donors (Lipinski definition) is 2. The number of benzene rings is 2. The van der Waals surface area contributed by atoms with Gasteiger partial charge in [0.25, 0.3) is 11.6 Å². The number of nitrogen functional groups attached to an aromatic ring is 1. The summed E-state index contributed by atoms with van der Waals surface area (Å²) in [5.41, 5.74) is 5.39. The van der Waals surface area contributed by atoms with E-state index in [1.807, 2.05) is 0 Å². The van der Waals surface area contributed by atoms with E-state index in [0.717, 1.165) is 6.07 Å². The van der Waals surface area contributed by atoms with Crippen molar-refractivity contribution in [1.29, 1.82) is 0 Å². The first kappa shape index (κ1) is 17.9. The average molecular weight is 371 g/mol. The second-order valence-electron chi connectivity index (χ2n) is 5.58. The summed E-state index contributed by atoms with van der Waals surface area (Å²) in [6, 6.07) is 7.86. The van der Waals surface area contributed by atoms with Gasteiger partial charge in [-0.3, -0.25) is 19.7 Å². The molecule has 1 amide bonds. The Morgan fingerprint density at radius 3 is 2.70 bits per heavy atom. The van der Waals surface area contributed by atoms with Crippen LogP contribution in [0.2, 0.25) is 0 Å². The zero-order chi connectivity index (χ0) is 19.6. The van der Waals surface area contributed by atoms with Gasteiger partial charge in [0.05, 0.1) is 16.2 Å². The fourth-order valence-electron chi connectivity index (χ4n) is 2.38. The van der Waals surface area contributed by atoms with Gasteiger partial charge >= 0.3 is 5.97 Å². The number of amides is 1. The van der Waals surface area contributed by atoms with E-state index in [-0.39, 0.29) is 29.3 Å². The largest absolute Gasteiger partial charge is 0.482 e. The van der Waals surface area contributed by atoms with Crippen molar-refractivity contribution in [3.63, 3.8) is 0 Å². The lowest BCUT2D eigenvalue weighted by molar-refractivity contribution is -0.383. The normalized spacial score (nSPS) is 12.4. The van der Waals surface area contributed by atoms with Crippen LogP contribution in [-0.4, -0.2) is 35.8 Å². The van der Waals surface area contributed by atoms with Crippen molar-refractivity contribution in [2.24, 2.45) is 0 Å². The lowest BCUT2D eigenvalue weighted by Gasteiger charge is -2.18. The van der Waals surface area contributed by atoms with Gasteiger partial charge in [0.1, 0.15) is 11.4 Å². The highest BCUT2D eigenvalue weighted by Crippen LogP contribution is 2.28. The van der Waals surface area contributed by atoms with E-state index in [1.165, 1.54) is 30.3 Å². The summed E-state index contributed by atoms with van der Waals surface area (Å²) in [5, 5.41) is 13.4. The van der Waals surface area contributed by atoms with E-state index in [2.05, 4.69) is 5.32 Å². The average Bonchev–Trinajstić information content (AvgIpc) is 2.65. The van der Waals surface area contributed by atoms with Gasteiger partial charge in [-0.1, -0.05) is 0 Å². The predicted octanol–water partition coefficient (Wildman–Crippen LogP) is 1.55. The van der Waals surface area contributed by atoms with Gasteiger partial charge in [-0.2, -0.15) is 0 Å². The van der Waals surface area contributed by atoms with Crippen LogP contribution in [0.25, 0.3) is 0 Å². The molecule has 0 unspecified atom stereocenters. The molecule has 1 aliphatic heterocycles. The number of carbonyl (C=O) groups excluding carboxylic acids is 3. The van der Waals surface area contributed by atoms with Crippen LogP contribution in [0.1, 0.15) is 20.7 Å². The zero-order valence-electron chi connectivity index (χ0n) is 13.8. The van der Waals surface area contributed by atoms with Crippen LogP contribution in [-0.2, 0) is 9.53 Å². The summed E-state index contributed by atoms with van der Waals surface area (Å²) < 4.78 is 10.1. The van der Waals surface area contributed by atoms with E-state index >= 15 is 0 Å². The van der Waals surface area contributed by atoms with Crippen LogP contribution in [0.5, 0.6) is 5.75 Å². The summed E-state index contributed by atoms with van der Waals surface area (Å²) in [7, 11) is 0. The van der Waals surface area contributed by atoms with Crippen molar-refractivity contribution >= 4 is 34.7 Å². The first-order valence-electron chi connectivity index (χ1n) is 7.66. The minimum atomic E-state index is -0.902. The summed E-state index contributed by atoms with van der Waals surface area (Å²) in [6.07, 6.45) is 0. The molecule has 1 heterocycles. The monoisotopic (exact) mass is 371 g/mol. The number of anilines is 2. The van der Waals surface area contributed by atoms with E-state index < -0.39 is 29.0 Å². The molecule has 3 N–H and O–H groups in total. The van der Waals surface area contributed by atoms with Crippen molar-refractivity contribution in [1.82, 2.24) is 0 Å². The SMILES string of the molecule is Nc1ccc(C(=O)OCC(=O)c2ccc3c(c2)NC(=O)CO3)cc1[N+](=O)[O-]. The molecule has 2 aromatic rings. The van der Waals surface area contributed by atoms with E-state index in [4.69, 9.17) is 15.2 Å². The minimum Gasteiger partial charge on any atom is -0.482 e. The Hall–Kier alpha value is -3.95. The molecular formula is C17H13N3O7.